The fourth-order valence-corrected chi connectivity index (χ4v) is 2.80. The van der Waals surface area contributed by atoms with E-state index in [1.165, 1.54) is 45.1 Å². The molecule has 0 radical (unpaired) electrons. The number of aliphatic hydroxyl groups excluding tert-OH is 1. The lowest BCUT2D eigenvalue weighted by molar-refractivity contribution is 0.110. The highest BCUT2D eigenvalue weighted by Crippen LogP contribution is 2.20. The van der Waals surface area contributed by atoms with Crippen LogP contribution in [-0.2, 0) is 0 Å². The Balaban J connectivity index is 1.72. The molecule has 1 aliphatic carbocycles. The Morgan fingerprint density at radius 3 is 2.76 bits per heavy atom. The zero-order chi connectivity index (χ0) is 12.1. The van der Waals surface area contributed by atoms with Crippen LogP contribution in [0.5, 0.6) is 0 Å². The molecule has 2 N–H and O–H groups in total. The average Bonchev–Trinajstić information content (AvgIpc) is 3.14. The summed E-state index contributed by atoms with van der Waals surface area (Å²) in [5.74, 6) is 0.697. The number of nitrogens with zero attached hydrogens (tertiary/aromatic N) is 1. The van der Waals surface area contributed by atoms with Crippen molar-refractivity contribution in [3.8, 4) is 0 Å². The number of likely N-dealkylation sites (tertiary alicyclic amines) is 1. The summed E-state index contributed by atoms with van der Waals surface area (Å²) >= 11 is 0. The molecule has 0 aromatic heterocycles. The Labute approximate surface area is 106 Å². The van der Waals surface area contributed by atoms with E-state index in [0.717, 1.165) is 19.1 Å². The summed E-state index contributed by atoms with van der Waals surface area (Å²) in [5.41, 5.74) is 0. The zero-order valence-electron chi connectivity index (χ0n) is 11.2. The second-order valence-electron chi connectivity index (χ2n) is 5.97. The molecule has 2 unspecified atom stereocenters. The molecule has 0 spiro atoms. The SMILES string of the molecule is CC(CNC1CC1)CN1CCCCCC1CO. The van der Waals surface area contributed by atoms with Gasteiger partial charge in [0.1, 0.15) is 0 Å². The molecule has 17 heavy (non-hydrogen) atoms. The summed E-state index contributed by atoms with van der Waals surface area (Å²) < 4.78 is 0. The van der Waals surface area contributed by atoms with E-state index in [2.05, 4.69) is 17.1 Å². The summed E-state index contributed by atoms with van der Waals surface area (Å²) in [6, 6.07) is 1.23. The van der Waals surface area contributed by atoms with Gasteiger partial charge in [-0.2, -0.15) is 0 Å². The van der Waals surface area contributed by atoms with Gasteiger partial charge in [-0.3, -0.25) is 4.90 Å². The lowest BCUT2D eigenvalue weighted by atomic mass is 10.1. The zero-order valence-corrected chi connectivity index (χ0v) is 11.2. The molecular weight excluding hydrogens is 212 g/mol. The van der Waals surface area contributed by atoms with Gasteiger partial charge < -0.3 is 10.4 Å². The molecule has 2 atom stereocenters. The van der Waals surface area contributed by atoms with Gasteiger partial charge in [-0.25, -0.2) is 0 Å². The third-order valence-corrected chi connectivity index (χ3v) is 4.09. The van der Waals surface area contributed by atoms with Gasteiger partial charge >= 0.3 is 0 Å². The first-order valence-electron chi connectivity index (χ1n) is 7.38. The van der Waals surface area contributed by atoms with Crippen LogP contribution < -0.4 is 5.32 Å². The Morgan fingerprint density at radius 1 is 1.24 bits per heavy atom. The molecule has 0 aromatic carbocycles. The van der Waals surface area contributed by atoms with Crippen molar-refractivity contribution >= 4 is 0 Å². The number of hydrogen-bond acceptors (Lipinski definition) is 3. The fourth-order valence-electron chi connectivity index (χ4n) is 2.80. The Hall–Kier alpha value is -0.120. The maximum atomic E-state index is 9.47. The minimum atomic E-state index is 0.336. The van der Waals surface area contributed by atoms with Crippen molar-refractivity contribution in [2.45, 2.75) is 57.5 Å². The lowest BCUT2D eigenvalue weighted by Gasteiger charge is -2.31. The van der Waals surface area contributed by atoms with Crippen LogP contribution in [0.3, 0.4) is 0 Å². The van der Waals surface area contributed by atoms with Gasteiger partial charge in [-0.15, -0.1) is 0 Å². The van der Waals surface area contributed by atoms with E-state index in [1.807, 2.05) is 0 Å². The van der Waals surface area contributed by atoms with E-state index in [0.29, 0.717) is 18.6 Å². The summed E-state index contributed by atoms with van der Waals surface area (Å²) in [6.45, 7) is 6.13. The Bertz CT molecular complexity index is 218. The van der Waals surface area contributed by atoms with Crippen LogP contribution in [0.2, 0.25) is 0 Å². The first-order valence-corrected chi connectivity index (χ1v) is 7.38. The first-order chi connectivity index (χ1) is 8.29. The average molecular weight is 240 g/mol. The Morgan fingerprint density at radius 2 is 2.06 bits per heavy atom. The highest BCUT2D eigenvalue weighted by molar-refractivity contribution is 4.82. The van der Waals surface area contributed by atoms with Crippen molar-refractivity contribution in [2.75, 3.05) is 26.2 Å². The van der Waals surface area contributed by atoms with Crippen LogP contribution in [0, 0.1) is 5.92 Å². The number of nitrogens with one attached hydrogen (secondary N) is 1. The normalized spacial score (nSPS) is 28.9. The molecule has 100 valence electrons. The van der Waals surface area contributed by atoms with Gasteiger partial charge in [0.15, 0.2) is 0 Å². The van der Waals surface area contributed by atoms with Crippen molar-refractivity contribution in [1.82, 2.24) is 10.2 Å². The highest BCUT2D eigenvalue weighted by atomic mass is 16.3. The van der Waals surface area contributed by atoms with E-state index in [9.17, 15) is 5.11 Å². The smallest absolute Gasteiger partial charge is 0.0586 e. The molecule has 0 aromatic rings. The third kappa shape index (κ3) is 4.57. The van der Waals surface area contributed by atoms with Crippen LogP contribution in [0.1, 0.15) is 45.4 Å². The second-order valence-corrected chi connectivity index (χ2v) is 5.97. The van der Waals surface area contributed by atoms with Crippen molar-refractivity contribution in [1.29, 1.82) is 0 Å². The molecule has 3 heteroatoms. The van der Waals surface area contributed by atoms with E-state index >= 15 is 0 Å². The minimum Gasteiger partial charge on any atom is -0.395 e. The fraction of sp³-hybridized carbons (Fsp3) is 1.00. The van der Waals surface area contributed by atoms with Crippen molar-refractivity contribution in [3.63, 3.8) is 0 Å². The lowest BCUT2D eigenvalue weighted by Crippen LogP contribution is -2.42. The highest BCUT2D eigenvalue weighted by Gasteiger charge is 2.24. The molecule has 2 fully saturated rings. The van der Waals surface area contributed by atoms with Crippen molar-refractivity contribution < 1.29 is 5.11 Å². The second kappa shape index (κ2) is 6.72. The molecular formula is C14H28N2O. The maximum Gasteiger partial charge on any atom is 0.0586 e. The van der Waals surface area contributed by atoms with Gasteiger partial charge in [-0.1, -0.05) is 19.8 Å². The minimum absolute atomic E-state index is 0.336. The predicted molar refractivity (Wildman–Crippen MR) is 71.1 cm³/mol. The van der Waals surface area contributed by atoms with Crippen molar-refractivity contribution in [2.24, 2.45) is 5.92 Å². The molecule has 2 rings (SSSR count). The van der Waals surface area contributed by atoms with Crippen LogP contribution in [0.4, 0.5) is 0 Å². The topological polar surface area (TPSA) is 35.5 Å². The van der Waals surface area contributed by atoms with E-state index in [4.69, 9.17) is 0 Å². The molecule has 3 nitrogen and oxygen atoms in total. The van der Waals surface area contributed by atoms with E-state index in [-0.39, 0.29) is 0 Å². The monoisotopic (exact) mass is 240 g/mol. The third-order valence-electron chi connectivity index (χ3n) is 4.09. The van der Waals surface area contributed by atoms with Crippen molar-refractivity contribution in [3.05, 3.63) is 0 Å². The maximum absolute atomic E-state index is 9.47. The van der Waals surface area contributed by atoms with Gasteiger partial charge in [0.2, 0.25) is 0 Å². The molecule has 0 amide bonds. The summed E-state index contributed by atoms with van der Waals surface area (Å²) in [4.78, 5) is 2.52. The molecule has 1 aliphatic heterocycles. The molecule has 1 saturated heterocycles. The van der Waals surface area contributed by atoms with Gasteiger partial charge in [-0.05, 0) is 44.7 Å². The van der Waals surface area contributed by atoms with Crippen LogP contribution in [0.25, 0.3) is 0 Å². The van der Waals surface area contributed by atoms with Crippen LogP contribution in [-0.4, -0.2) is 48.3 Å². The standard InChI is InChI=1S/C14H28N2O/c1-12(9-15-13-6-7-13)10-16-8-4-2-3-5-14(16)11-17/h12-15,17H,2-11H2,1H3. The summed E-state index contributed by atoms with van der Waals surface area (Å²) in [7, 11) is 0. The molecule has 2 aliphatic rings. The number of hydrogen-bond donors (Lipinski definition) is 2. The number of aliphatic hydroxyl groups is 1. The van der Waals surface area contributed by atoms with Gasteiger partial charge in [0, 0.05) is 18.6 Å². The van der Waals surface area contributed by atoms with E-state index in [1.54, 1.807) is 0 Å². The number of rotatable bonds is 6. The quantitative estimate of drug-likeness (QED) is 0.740. The van der Waals surface area contributed by atoms with Crippen LogP contribution >= 0.6 is 0 Å². The molecule has 1 heterocycles. The van der Waals surface area contributed by atoms with Gasteiger partial charge in [0.25, 0.3) is 0 Å². The molecule has 0 bridgehead atoms. The largest absolute Gasteiger partial charge is 0.395 e. The summed E-state index contributed by atoms with van der Waals surface area (Å²) in [6.07, 6.45) is 7.85. The predicted octanol–water partition coefficient (Wildman–Crippen LogP) is 1.61. The van der Waals surface area contributed by atoms with E-state index < -0.39 is 0 Å². The summed E-state index contributed by atoms with van der Waals surface area (Å²) in [5, 5.41) is 13.1. The molecule has 1 saturated carbocycles. The van der Waals surface area contributed by atoms with Crippen LogP contribution in [0.15, 0.2) is 0 Å². The Kier molecular flexibility index (Phi) is 5.26. The first kappa shape index (κ1) is 13.3. The van der Waals surface area contributed by atoms with Gasteiger partial charge in [0.05, 0.1) is 6.61 Å².